The highest BCUT2D eigenvalue weighted by Crippen LogP contribution is 2.23. The Kier molecular flexibility index (Phi) is 6.04. The maximum Gasteiger partial charge on any atom is 0.124 e. The first-order chi connectivity index (χ1) is 10.1. The Bertz CT molecular complexity index is 601. The van der Waals surface area contributed by atoms with Crippen LogP contribution in [0.4, 0.5) is 4.39 Å². The minimum Gasteiger partial charge on any atom is -0.319 e. The van der Waals surface area contributed by atoms with E-state index < -0.39 is 0 Å². The summed E-state index contributed by atoms with van der Waals surface area (Å²) in [7, 11) is 1.93. The van der Waals surface area contributed by atoms with Gasteiger partial charge in [0.1, 0.15) is 5.82 Å². The fourth-order valence-corrected chi connectivity index (χ4v) is 2.96. The van der Waals surface area contributed by atoms with Gasteiger partial charge in [0.25, 0.3) is 0 Å². The monoisotopic (exact) mass is 325 g/mol. The normalized spacial score (nSPS) is 12.4. The number of rotatable bonds is 6. The molecule has 2 aromatic rings. The molecule has 2 rings (SSSR count). The van der Waals surface area contributed by atoms with E-state index in [1.165, 1.54) is 17.7 Å². The van der Waals surface area contributed by atoms with Crippen molar-refractivity contribution in [3.8, 4) is 0 Å². The minimum atomic E-state index is -0.302. The van der Waals surface area contributed by atoms with Crippen LogP contribution in [0.15, 0.2) is 42.5 Å². The second kappa shape index (κ2) is 7.79. The Hall–Kier alpha value is -1.09. The van der Waals surface area contributed by atoms with Crippen LogP contribution in [-0.4, -0.2) is 13.6 Å². The van der Waals surface area contributed by atoms with Gasteiger partial charge in [-0.15, -0.1) is 0 Å². The molecule has 2 aromatic carbocycles. The molecule has 0 radical (unpaired) electrons. The second-order valence-electron chi connectivity index (χ2n) is 5.20. The molecule has 0 heterocycles. The fraction of sp³-hybridized carbons (Fsp3) is 0.294. The summed E-state index contributed by atoms with van der Waals surface area (Å²) in [6.45, 7) is 0.861. The average molecular weight is 326 g/mol. The average Bonchev–Trinajstić information content (AvgIpc) is 2.42. The van der Waals surface area contributed by atoms with Gasteiger partial charge < -0.3 is 5.32 Å². The molecular weight excluding hydrogens is 308 g/mol. The summed E-state index contributed by atoms with van der Waals surface area (Å²) in [5.41, 5.74) is 2.17. The molecule has 1 nitrogen and oxygen atoms in total. The topological polar surface area (TPSA) is 12.0 Å². The predicted octanol–water partition coefficient (Wildman–Crippen LogP) is 4.75. The predicted molar refractivity (Wildman–Crippen MR) is 87.7 cm³/mol. The van der Waals surface area contributed by atoms with E-state index >= 15 is 0 Å². The van der Waals surface area contributed by atoms with Gasteiger partial charge in [-0.05, 0) is 67.7 Å². The van der Waals surface area contributed by atoms with Crippen molar-refractivity contribution >= 4 is 23.2 Å². The van der Waals surface area contributed by atoms with Gasteiger partial charge in [0.2, 0.25) is 0 Å². The Morgan fingerprint density at radius 2 is 1.90 bits per heavy atom. The van der Waals surface area contributed by atoms with Crippen LogP contribution in [0.5, 0.6) is 0 Å². The Labute approximate surface area is 135 Å². The van der Waals surface area contributed by atoms with Gasteiger partial charge in [-0.25, -0.2) is 4.39 Å². The maximum absolute atomic E-state index is 13.1. The molecule has 4 heteroatoms. The van der Waals surface area contributed by atoms with Crippen molar-refractivity contribution in [2.75, 3.05) is 13.6 Å². The Morgan fingerprint density at radius 1 is 1.10 bits per heavy atom. The lowest BCUT2D eigenvalue weighted by molar-refractivity contribution is 0.493. The molecule has 112 valence electrons. The van der Waals surface area contributed by atoms with Crippen molar-refractivity contribution in [3.05, 3.63) is 69.5 Å². The molecule has 0 amide bonds. The van der Waals surface area contributed by atoms with Crippen molar-refractivity contribution in [2.24, 2.45) is 5.92 Å². The van der Waals surface area contributed by atoms with E-state index in [9.17, 15) is 4.39 Å². The van der Waals surface area contributed by atoms with E-state index in [1.807, 2.05) is 25.2 Å². The zero-order chi connectivity index (χ0) is 15.2. The van der Waals surface area contributed by atoms with E-state index in [0.717, 1.165) is 30.0 Å². The van der Waals surface area contributed by atoms with Gasteiger partial charge in [-0.1, -0.05) is 41.4 Å². The minimum absolute atomic E-state index is 0.302. The molecule has 1 atom stereocenters. The number of halogens is 3. The van der Waals surface area contributed by atoms with Crippen molar-refractivity contribution in [3.63, 3.8) is 0 Å². The number of benzene rings is 2. The van der Waals surface area contributed by atoms with Crippen LogP contribution in [0.25, 0.3) is 0 Å². The van der Waals surface area contributed by atoms with Crippen LogP contribution in [-0.2, 0) is 12.8 Å². The summed E-state index contributed by atoms with van der Waals surface area (Å²) < 4.78 is 13.1. The molecule has 0 saturated heterocycles. The highest BCUT2D eigenvalue weighted by atomic mass is 35.5. The van der Waals surface area contributed by atoms with Crippen molar-refractivity contribution < 1.29 is 4.39 Å². The fourth-order valence-electron chi connectivity index (χ4n) is 2.50. The molecule has 0 saturated carbocycles. The molecule has 1 unspecified atom stereocenters. The van der Waals surface area contributed by atoms with E-state index in [4.69, 9.17) is 23.2 Å². The third-order valence-corrected chi connectivity index (χ3v) is 4.02. The molecule has 0 aromatic heterocycles. The van der Waals surface area contributed by atoms with Gasteiger partial charge >= 0.3 is 0 Å². The van der Waals surface area contributed by atoms with Gasteiger partial charge in [-0.2, -0.15) is 0 Å². The molecule has 0 bridgehead atoms. The van der Waals surface area contributed by atoms with E-state index in [1.54, 1.807) is 6.07 Å². The summed E-state index contributed by atoms with van der Waals surface area (Å²) in [5, 5.41) is 4.44. The Morgan fingerprint density at radius 3 is 2.57 bits per heavy atom. The van der Waals surface area contributed by atoms with E-state index in [-0.39, 0.29) is 5.82 Å². The summed E-state index contributed by atoms with van der Waals surface area (Å²) >= 11 is 12.2. The molecule has 0 aliphatic heterocycles. The first-order valence-corrected chi connectivity index (χ1v) is 7.67. The highest BCUT2D eigenvalue weighted by molar-refractivity contribution is 6.31. The second-order valence-corrected chi connectivity index (χ2v) is 6.04. The van der Waals surface area contributed by atoms with Crippen molar-refractivity contribution in [1.82, 2.24) is 5.32 Å². The number of hydrogen-bond donors (Lipinski definition) is 1. The van der Waals surface area contributed by atoms with Crippen LogP contribution in [0, 0.1) is 11.7 Å². The summed E-state index contributed by atoms with van der Waals surface area (Å²) in [6.07, 6.45) is 1.70. The van der Waals surface area contributed by atoms with Gasteiger partial charge in [0.15, 0.2) is 0 Å². The standard InChI is InChI=1S/C17H18Cl2FN/c1-21-11-13(7-12-3-2-4-15(18)9-12)8-14-5-6-16(20)10-17(14)19/h2-6,9-10,13,21H,7-8,11H2,1H3. The first kappa shape index (κ1) is 16.3. The smallest absolute Gasteiger partial charge is 0.124 e. The Balaban J connectivity index is 2.11. The summed E-state index contributed by atoms with van der Waals surface area (Å²) in [6, 6.07) is 12.5. The van der Waals surface area contributed by atoms with Crippen LogP contribution in [0.2, 0.25) is 10.0 Å². The SMILES string of the molecule is CNCC(Cc1cccc(Cl)c1)Cc1ccc(F)cc1Cl. The van der Waals surface area contributed by atoms with Crippen molar-refractivity contribution in [2.45, 2.75) is 12.8 Å². The molecule has 0 fully saturated rings. The first-order valence-electron chi connectivity index (χ1n) is 6.91. The quantitative estimate of drug-likeness (QED) is 0.807. The molecule has 0 spiro atoms. The molecular formula is C17H18Cl2FN. The van der Waals surface area contributed by atoms with Crippen LogP contribution < -0.4 is 5.32 Å². The lowest BCUT2D eigenvalue weighted by atomic mass is 9.92. The van der Waals surface area contributed by atoms with Crippen LogP contribution in [0.1, 0.15) is 11.1 Å². The maximum atomic E-state index is 13.1. The summed E-state index contributed by atoms with van der Waals surface area (Å²) in [5.74, 6) is 0.0696. The van der Waals surface area contributed by atoms with Crippen LogP contribution >= 0.6 is 23.2 Å². The zero-order valence-electron chi connectivity index (χ0n) is 11.9. The van der Waals surface area contributed by atoms with Crippen LogP contribution in [0.3, 0.4) is 0 Å². The summed E-state index contributed by atoms with van der Waals surface area (Å²) in [4.78, 5) is 0. The largest absolute Gasteiger partial charge is 0.319 e. The highest BCUT2D eigenvalue weighted by Gasteiger charge is 2.13. The van der Waals surface area contributed by atoms with Gasteiger partial charge in [0.05, 0.1) is 0 Å². The molecule has 21 heavy (non-hydrogen) atoms. The molecule has 1 N–H and O–H groups in total. The van der Waals surface area contributed by atoms with Crippen molar-refractivity contribution in [1.29, 1.82) is 0 Å². The lowest BCUT2D eigenvalue weighted by Gasteiger charge is -2.18. The van der Waals surface area contributed by atoms with E-state index in [2.05, 4.69) is 11.4 Å². The number of nitrogens with one attached hydrogen (secondary N) is 1. The van der Waals surface area contributed by atoms with E-state index in [0.29, 0.717) is 10.9 Å². The third kappa shape index (κ3) is 4.99. The van der Waals surface area contributed by atoms with Gasteiger partial charge in [0, 0.05) is 10.0 Å². The molecule has 0 aliphatic rings. The lowest BCUT2D eigenvalue weighted by Crippen LogP contribution is -2.23. The molecule has 0 aliphatic carbocycles. The third-order valence-electron chi connectivity index (χ3n) is 3.43. The van der Waals surface area contributed by atoms with Gasteiger partial charge in [-0.3, -0.25) is 0 Å². The zero-order valence-corrected chi connectivity index (χ0v) is 13.4. The number of hydrogen-bond acceptors (Lipinski definition) is 1.